The molecule has 1 heterocycles. The summed E-state index contributed by atoms with van der Waals surface area (Å²) >= 11 is 0. The van der Waals surface area contributed by atoms with Crippen LogP contribution in [0, 0.1) is 11.3 Å². The summed E-state index contributed by atoms with van der Waals surface area (Å²) in [7, 11) is 0. The first-order valence-corrected chi connectivity index (χ1v) is 9.10. The van der Waals surface area contributed by atoms with Crippen molar-refractivity contribution in [3.8, 4) is 0 Å². The molecule has 0 amide bonds. The maximum atomic E-state index is 3.75. The van der Waals surface area contributed by atoms with Crippen molar-refractivity contribution in [1.29, 1.82) is 0 Å². The summed E-state index contributed by atoms with van der Waals surface area (Å²) in [5, 5.41) is 7.26. The smallest absolute Gasteiger partial charge is 0.000876 e. The van der Waals surface area contributed by atoms with Gasteiger partial charge in [0.15, 0.2) is 0 Å². The fourth-order valence-corrected chi connectivity index (χ4v) is 3.51. The fraction of sp³-hybridized carbons (Fsp3) is 1.00. The summed E-state index contributed by atoms with van der Waals surface area (Å²) in [6.07, 6.45) is 12.5. The topological polar surface area (TPSA) is 24.1 Å². The molecule has 0 unspecified atom stereocenters. The molecule has 2 nitrogen and oxygen atoms in total. The van der Waals surface area contributed by atoms with Crippen LogP contribution in [0.1, 0.15) is 78.6 Å². The summed E-state index contributed by atoms with van der Waals surface area (Å²) in [6.45, 7) is 11.9. The van der Waals surface area contributed by atoms with Crippen molar-refractivity contribution < 1.29 is 0 Å². The lowest BCUT2D eigenvalue weighted by atomic mass is 9.75. The van der Waals surface area contributed by atoms with Crippen molar-refractivity contribution in [3.63, 3.8) is 0 Å². The van der Waals surface area contributed by atoms with Gasteiger partial charge >= 0.3 is 0 Å². The van der Waals surface area contributed by atoms with Gasteiger partial charge in [0.1, 0.15) is 0 Å². The second-order valence-electron chi connectivity index (χ2n) is 7.27. The highest BCUT2D eigenvalue weighted by Crippen LogP contribution is 2.33. The number of piperidine rings is 1. The standard InChI is InChI=1S/C18H38N2/c1-4-10-18(11-14-19-15-12-18)16-20-13-8-6-5-7-9-17(2)3/h17,19-20H,4-16H2,1-3H3. The van der Waals surface area contributed by atoms with Gasteiger partial charge in [0, 0.05) is 6.54 Å². The highest BCUT2D eigenvalue weighted by molar-refractivity contribution is 4.86. The highest BCUT2D eigenvalue weighted by atomic mass is 14.9. The zero-order chi connectivity index (χ0) is 14.7. The minimum atomic E-state index is 0.595. The van der Waals surface area contributed by atoms with Crippen LogP contribution in [0.4, 0.5) is 0 Å². The van der Waals surface area contributed by atoms with Crippen LogP contribution in [0.2, 0.25) is 0 Å². The number of hydrogen-bond acceptors (Lipinski definition) is 2. The molecule has 2 N–H and O–H groups in total. The summed E-state index contributed by atoms with van der Waals surface area (Å²) in [5.74, 6) is 0.877. The molecule has 0 spiro atoms. The van der Waals surface area contributed by atoms with Crippen molar-refractivity contribution in [3.05, 3.63) is 0 Å². The van der Waals surface area contributed by atoms with Gasteiger partial charge in [0.2, 0.25) is 0 Å². The molecule has 0 aromatic heterocycles. The molecule has 0 aromatic rings. The second kappa shape index (κ2) is 10.6. The molecule has 0 saturated carbocycles. The van der Waals surface area contributed by atoms with E-state index in [2.05, 4.69) is 31.4 Å². The van der Waals surface area contributed by atoms with E-state index < -0.39 is 0 Å². The molecular weight excluding hydrogens is 244 g/mol. The molecular formula is C18H38N2. The molecule has 120 valence electrons. The largest absolute Gasteiger partial charge is 0.317 e. The van der Waals surface area contributed by atoms with Gasteiger partial charge in [0.25, 0.3) is 0 Å². The monoisotopic (exact) mass is 282 g/mol. The van der Waals surface area contributed by atoms with Crippen molar-refractivity contribution in [2.75, 3.05) is 26.2 Å². The first-order valence-electron chi connectivity index (χ1n) is 9.10. The Morgan fingerprint density at radius 1 is 1.05 bits per heavy atom. The molecule has 20 heavy (non-hydrogen) atoms. The van der Waals surface area contributed by atoms with E-state index in [1.165, 1.54) is 84.0 Å². The summed E-state index contributed by atoms with van der Waals surface area (Å²) in [6, 6.07) is 0. The number of nitrogens with one attached hydrogen (secondary N) is 2. The van der Waals surface area contributed by atoms with Gasteiger partial charge in [-0.2, -0.15) is 0 Å². The molecule has 1 rings (SSSR count). The molecule has 0 bridgehead atoms. The van der Waals surface area contributed by atoms with Gasteiger partial charge in [-0.05, 0) is 56.7 Å². The van der Waals surface area contributed by atoms with Gasteiger partial charge < -0.3 is 10.6 Å². The Bertz CT molecular complexity index is 214. The van der Waals surface area contributed by atoms with E-state index in [1.807, 2.05) is 0 Å². The van der Waals surface area contributed by atoms with E-state index >= 15 is 0 Å². The maximum absolute atomic E-state index is 3.75. The van der Waals surface area contributed by atoms with Gasteiger partial charge in [0.05, 0.1) is 0 Å². The Hall–Kier alpha value is -0.0800. The van der Waals surface area contributed by atoms with E-state index in [9.17, 15) is 0 Å². The third-order valence-corrected chi connectivity index (χ3v) is 4.83. The third kappa shape index (κ3) is 7.64. The van der Waals surface area contributed by atoms with Gasteiger partial charge in [-0.1, -0.05) is 52.9 Å². The lowest BCUT2D eigenvalue weighted by Crippen LogP contribution is -2.43. The third-order valence-electron chi connectivity index (χ3n) is 4.83. The Kier molecular flexibility index (Phi) is 9.54. The Morgan fingerprint density at radius 2 is 1.75 bits per heavy atom. The average Bonchev–Trinajstić information content (AvgIpc) is 2.43. The van der Waals surface area contributed by atoms with Crippen LogP contribution in [-0.2, 0) is 0 Å². The zero-order valence-corrected chi connectivity index (χ0v) is 14.3. The summed E-state index contributed by atoms with van der Waals surface area (Å²) in [5.41, 5.74) is 0.595. The molecule has 0 radical (unpaired) electrons. The van der Waals surface area contributed by atoms with Crippen molar-refractivity contribution >= 4 is 0 Å². The van der Waals surface area contributed by atoms with Crippen LogP contribution >= 0.6 is 0 Å². The van der Waals surface area contributed by atoms with Crippen LogP contribution in [0.3, 0.4) is 0 Å². The number of unbranched alkanes of at least 4 members (excludes halogenated alkanes) is 3. The van der Waals surface area contributed by atoms with Crippen LogP contribution in [-0.4, -0.2) is 26.2 Å². The lowest BCUT2D eigenvalue weighted by molar-refractivity contribution is 0.176. The Morgan fingerprint density at radius 3 is 2.40 bits per heavy atom. The van der Waals surface area contributed by atoms with E-state index in [0.29, 0.717) is 5.41 Å². The van der Waals surface area contributed by atoms with Crippen molar-refractivity contribution in [2.45, 2.75) is 78.6 Å². The first kappa shape index (κ1) is 18.0. The highest BCUT2D eigenvalue weighted by Gasteiger charge is 2.30. The summed E-state index contributed by atoms with van der Waals surface area (Å²) < 4.78 is 0. The van der Waals surface area contributed by atoms with Crippen molar-refractivity contribution in [2.24, 2.45) is 11.3 Å². The first-order chi connectivity index (χ1) is 9.68. The van der Waals surface area contributed by atoms with Gasteiger partial charge in [-0.15, -0.1) is 0 Å². The number of rotatable bonds is 11. The quantitative estimate of drug-likeness (QED) is 0.550. The minimum absolute atomic E-state index is 0.595. The van der Waals surface area contributed by atoms with Crippen LogP contribution in [0.5, 0.6) is 0 Å². The molecule has 0 aliphatic carbocycles. The van der Waals surface area contributed by atoms with Crippen LogP contribution in [0.25, 0.3) is 0 Å². The van der Waals surface area contributed by atoms with Gasteiger partial charge in [-0.3, -0.25) is 0 Å². The normalized spacial score (nSPS) is 18.6. The van der Waals surface area contributed by atoms with E-state index in [0.717, 1.165) is 5.92 Å². The SMILES string of the molecule is CCCC1(CNCCCCCCC(C)C)CCNCC1. The molecule has 1 saturated heterocycles. The van der Waals surface area contributed by atoms with Crippen LogP contribution in [0.15, 0.2) is 0 Å². The predicted octanol–water partition coefficient (Wildman–Crippen LogP) is 4.35. The van der Waals surface area contributed by atoms with E-state index in [1.54, 1.807) is 0 Å². The Balaban J connectivity index is 2.03. The maximum Gasteiger partial charge on any atom is 0.000876 e. The molecule has 1 fully saturated rings. The fourth-order valence-electron chi connectivity index (χ4n) is 3.51. The molecule has 1 aliphatic heterocycles. The molecule has 2 heteroatoms. The predicted molar refractivity (Wildman–Crippen MR) is 90.2 cm³/mol. The second-order valence-corrected chi connectivity index (χ2v) is 7.27. The minimum Gasteiger partial charge on any atom is -0.317 e. The average molecular weight is 283 g/mol. The van der Waals surface area contributed by atoms with Gasteiger partial charge in [-0.25, -0.2) is 0 Å². The number of hydrogen-bond donors (Lipinski definition) is 2. The molecule has 1 aliphatic rings. The van der Waals surface area contributed by atoms with Crippen LogP contribution < -0.4 is 10.6 Å². The van der Waals surface area contributed by atoms with E-state index in [-0.39, 0.29) is 0 Å². The lowest BCUT2D eigenvalue weighted by Gasteiger charge is -2.38. The molecule has 0 aromatic carbocycles. The Labute approximate surface area is 127 Å². The van der Waals surface area contributed by atoms with Crippen molar-refractivity contribution in [1.82, 2.24) is 10.6 Å². The molecule has 0 atom stereocenters. The van der Waals surface area contributed by atoms with E-state index in [4.69, 9.17) is 0 Å². The summed E-state index contributed by atoms with van der Waals surface area (Å²) in [4.78, 5) is 0. The zero-order valence-electron chi connectivity index (χ0n) is 14.3.